The Morgan fingerprint density at radius 2 is 2.35 bits per heavy atom. The van der Waals surface area contributed by atoms with E-state index in [4.69, 9.17) is 4.42 Å². The van der Waals surface area contributed by atoms with Crippen molar-refractivity contribution in [1.29, 1.82) is 0 Å². The highest BCUT2D eigenvalue weighted by atomic mass is 32.2. The van der Waals surface area contributed by atoms with Gasteiger partial charge in [-0.25, -0.2) is 4.98 Å². The molecule has 2 aromatic heterocycles. The van der Waals surface area contributed by atoms with Crippen molar-refractivity contribution < 1.29 is 9.21 Å². The van der Waals surface area contributed by atoms with Crippen LogP contribution in [0.2, 0.25) is 0 Å². The van der Waals surface area contributed by atoms with Crippen LogP contribution in [0.1, 0.15) is 38.3 Å². The Kier molecular flexibility index (Phi) is 5.78. The van der Waals surface area contributed by atoms with Gasteiger partial charge in [0, 0.05) is 17.2 Å². The molecule has 6 heteroatoms. The molecule has 0 unspecified atom stereocenters. The van der Waals surface area contributed by atoms with Crippen LogP contribution in [0.25, 0.3) is 10.8 Å². The Morgan fingerprint density at radius 3 is 3.13 bits per heavy atom. The fraction of sp³-hybridized carbons (Fsp3) is 0.529. The Labute approximate surface area is 145 Å². The van der Waals surface area contributed by atoms with Gasteiger partial charge in [-0.05, 0) is 30.9 Å². The first-order valence-corrected chi connectivity index (χ1v) is 10.1. The summed E-state index contributed by atoms with van der Waals surface area (Å²) >= 11 is 3.19. The highest BCUT2D eigenvalue weighted by Crippen LogP contribution is 2.26. The zero-order valence-corrected chi connectivity index (χ0v) is 14.9. The van der Waals surface area contributed by atoms with Crippen LogP contribution < -0.4 is 5.32 Å². The molecule has 1 fully saturated rings. The first-order valence-electron chi connectivity index (χ1n) is 8.08. The van der Waals surface area contributed by atoms with Gasteiger partial charge in [-0.15, -0.1) is 23.1 Å². The van der Waals surface area contributed by atoms with E-state index in [0.29, 0.717) is 17.7 Å². The van der Waals surface area contributed by atoms with Crippen LogP contribution >= 0.6 is 23.1 Å². The Morgan fingerprint density at radius 1 is 1.48 bits per heavy atom. The third kappa shape index (κ3) is 4.61. The number of rotatable bonds is 6. The van der Waals surface area contributed by atoms with Crippen molar-refractivity contribution in [3.8, 4) is 10.8 Å². The number of nitrogens with one attached hydrogen (secondary N) is 1. The third-order valence-electron chi connectivity index (χ3n) is 4.22. The van der Waals surface area contributed by atoms with Crippen LogP contribution in [0.4, 0.5) is 0 Å². The molecule has 23 heavy (non-hydrogen) atoms. The standard InChI is InChI=1S/C17H22N2O2S2/c1-12-5-2-3-6-14(12)19-16(20)11-22-9-13-10-23-17(18-13)15-7-4-8-21-15/h4,7-8,10,12,14H,2-3,5-6,9,11H2,1H3,(H,19,20)/t12-,14-/m0/s1. The lowest BCUT2D eigenvalue weighted by molar-refractivity contribution is -0.119. The number of thioether (sulfide) groups is 1. The van der Waals surface area contributed by atoms with Crippen molar-refractivity contribution in [2.24, 2.45) is 5.92 Å². The van der Waals surface area contributed by atoms with Gasteiger partial charge < -0.3 is 9.73 Å². The summed E-state index contributed by atoms with van der Waals surface area (Å²) in [6.07, 6.45) is 6.53. The molecule has 2 heterocycles. The summed E-state index contributed by atoms with van der Waals surface area (Å²) < 4.78 is 5.35. The number of carbonyl (C=O) groups is 1. The predicted octanol–water partition coefficient (Wildman–Crippen LogP) is 4.33. The molecule has 0 aromatic carbocycles. The maximum Gasteiger partial charge on any atom is 0.230 e. The van der Waals surface area contributed by atoms with E-state index in [-0.39, 0.29) is 5.91 Å². The maximum atomic E-state index is 12.1. The molecule has 0 radical (unpaired) electrons. The van der Waals surface area contributed by atoms with Crippen molar-refractivity contribution in [3.05, 3.63) is 29.5 Å². The molecule has 1 saturated carbocycles. The first-order chi connectivity index (χ1) is 11.2. The topological polar surface area (TPSA) is 55.1 Å². The molecule has 0 aliphatic heterocycles. The molecular formula is C17H22N2O2S2. The first kappa shape index (κ1) is 16.6. The second kappa shape index (κ2) is 8.02. The molecule has 0 saturated heterocycles. The second-order valence-corrected chi connectivity index (χ2v) is 7.89. The highest BCUT2D eigenvalue weighted by Gasteiger charge is 2.22. The minimum Gasteiger partial charge on any atom is -0.462 e. The van der Waals surface area contributed by atoms with Gasteiger partial charge in [0.25, 0.3) is 0 Å². The number of hydrogen-bond donors (Lipinski definition) is 1. The van der Waals surface area contributed by atoms with Crippen molar-refractivity contribution in [2.45, 2.75) is 44.4 Å². The highest BCUT2D eigenvalue weighted by molar-refractivity contribution is 7.99. The number of carbonyl (C=O) groups excluding carboxylic acids is 1. The molecule has 1 aliphatic carbocycles. The second-order valence-electron chi connectivity index (χ2n) is 6.05. The van der Waals surface area contributed by atoms with Gasteiger partial charge in [0.1, 0.15) is 0 Å². The molecule has 1 amide bonds. The Hall–Kier alpha value is -1.27. The minimum absolute atomic E-state index is 0.148. The van der Waals surface area contributed by atoms with Gasteiger partial charge in [-0.2, -0.15) is 0 Å². The average molecular weight is 351 g/mol. The lowest BCUT2D eigenvalue weighted by atomic mass is 9.86. The molecule has 1 aliphatic rings. The molecule has 3 rings (SSSR count). The molecule has 0 bridgehead atoms. The van der Waals surface area contributed by atoms with Crippen LogP contribution in [-0.2, 0) is 10.5 Å². The number of hydrogen-bond acceptors (Lipinski definition) is 5. The van der Waals surface area contributed by atoms with E-state index in [1.54, 1.807) is 29.4 Å². The molecule has 0 spiro atoms. The van der Waals surface area contributed by atoms with E-state index in [9.17, 15) is 4.79 Å². The third-order valence-corrected chi connectivity index (χ3v) is 6.10. The van der Waals surface area contributed by atoms with Crippen LogP contribution in [-0.4, -0.2) is 22.7 Å². The zero-order valence-electron chi connectivity index (χ0n) is 13.3. The van der Waals surface area contributed by atoms with E-state index in [1.165, 1.54) is 19.3 Å². The number of amides is 1. The van der Waals surface area contributed by atoms with Crippen LogP contribution in [0.5, 0.6) is 0 Å². The van der Waals surface area contributed by atoms with Gasteiger partial charge in [0.2, 0.25) is 5.91 Å². The van der Waals surface area contributed by atoms with Gasteiger partial charge in [-0.1, -0.05) is 19.8 Å². The summed E-state index contributed by atoms with van der Waals surface area (Å²) in [6, 6.07) is 4.14. The molecule has 1 N–H and O–H groups in total. The minimum atomic E-state index is 0.148. The quantitative estimate of drug-likeness (QED) is 0.842. The predicted molar refractivity (Wildman–Crippen MR) is 95.5 cm³/mol. The SMILES string of the molecule is C[C@H]1CCCC[C@@H]1NC(=O)CSCc1csc(-c2ccco2)n1. The molecule has 2 aromatic rings. The van der Waals surface area contributed by atoms with Crippen LogP contribution in [0, 0.1) is 5.92 Å². The molecular weight excluding hydrogens is 328 g/mol. The normalized spacial score (nSPS) is 21.3. The summed E-state index contributed by atoms with van der Waals surface area (Å²) in [7, 11) is 0. The maximum absolute atomic E-state index is 12.1. The monoisotopic (exact) mass is 350 g/mol. The summed E-state index contributed by atoms with van der Waals surface area (Å²) in [5.74, 6) is 2.81. The van der Waals surface area contributed by atoms with Crippen molar-refractivity contribution >= 4 is 29.0 Å². The number of thiazole rings is 1. The molecule has 124 valence electrons. The number of aromatic nitrogens is 1. The van der Waals surface area contributed by atoms with Gasteiger partial charge in [0.15, 0.2) is 10.8 Å². The van der Waals surface area contributed by atoms with Gasteiger partial charge in [-0.3, -0.25) is 4.79 Å². The number of furan rings is 1. The fourth-order valence-corrected chi connectivity index (χ4v) is 4.53. The summed E-state index contributed by atoms with van der Waals surface area (Å²) in [5, 5.41) is 6.12. The Balaban J connectivity index is 1.41. The lowest BCUT2D eigenvalue weighted by Crippen LogP contribution is -2.41. The van der Waals surface area contributed by atoms with Crippen LogP contribution in [0.3, 0.4) is 0 Å². The zero-order chi connectivity index (χ0) is 16.1. The smallest absolute Gasteiger partial charge is 0.230 e. The summed E-state index contributed by atoms with van der Waals surface area (Å²) in [5.41, 5.74) is 1.00. The van der Waals surface area contributed by atoms with Crippen molar-refractivity contribution in [3.63, 3.8) is 0 Å². The fourth-order valence-electron chi connectivity index (χ4n) is 2.91. The number of nitrogens with zero attached hydrogens (tertiary/aromatic N) is 1. The lowest BCUT2D eigenvalue weighted by Gasteiger charge is -2.29. The van der Waals surface area contributed by atoms with E-state index >= 15 is 0 Å². The Bertz CT molecular complexity index is 624. The van der Waals surface area contributed by atoms with Crippen LogP contribution in [0.15, 0.2) is 28.2 Å². The molecule has 4 nitrogen and oxygen atoms in total. The van der Waals surface area contributed by atoms with Gasteiger partial charge >= 0.3 is 0 Å². The van der Waals surface area contributed by atoms with E-state index in [2.05, 4.69) is 17.2 Å². The summed E-state index contributed by atoms with van der Waals surface area (Å²) in [4.78, 5) is 16.6. The van der Waals surface area contributed by atoms with Crippen molar-refractivity contribution in [1.82, 2.24) is 10.3 Å². The van der Waals surface area contributed by atoms with E-state index < -0.39 is 0 Å². The average Bonchev–Trinajstić information content (AvgIpc) is 3.20. The van der Waals surface area contributed by atoms with E-state index in [0.717, 1.165) is 28.6 Å². The van der Waals surface area contributed by atoms with E-state index in [1.807, 2.05) is 17.5 Å². The molecule has 2 atom stereocenters. The van der Waals surface area contributed by atoms with Crippen molar-refractivity contribution in [2.75, 3.05) is 5.75 Å². The summed E-state index contributed by atoms with van der Waals surface area (Å²) in [6.45, 7) is 2.24. The largest absolute Gasteiger partial charge is 0.462 e. The van der Waals surface area contributed by atoms with Gasteiger partial charge in [0.05, 0.1) is 17.7 Å².